The van der Waals surface area contributed by atoms with Gasteiger partial charge in [0, 0.05) is 24.9 Å². The van der Waals surface area contributed by atoms with Gasteiger partial charge in [0.15, 0.2) is 5.82 Å². The number of anilines is 1. The van der Waals surface area contributed by atoms with Crippen molar-refractivity contribution in [2.24, 2.45) is 0 Å². The molecule has 1 N–H and O–H groups in total. The molecule has 0 aliphatic heterocycles. The lowest BCUT2D eigenvalue weighted by Crippen LogP contribution is -2.29. The summed E-state index contributed by atoms with van der Waals surface area (Å²) in [6, 6.07) is 0. The maximum absolute atomic E-state index is 5.84. The molecular formula is C14H25N3O. The van der Waals surface area contributed by atoms with Gasteiger partial charge in [0.1, 0.15) is 11.4 Å². The van der Waals surface area contributed by atoms with Crippen LogP contribution in [0.5, 0.6) is 0 Å². The van der Waals surface area contributed by atoms with E-state index in [1.807, 2.05) is 20.9 Å². The molecule has 0 saturated heterocycles. The first-order chi connectivity index (χ1) is 8.52. The monoisotopic (exact) mass is 251 g/mol. The predicted octanol–water partition coefficient (Wildman–Crippen LogP) is 3.05. The van der Waals surface area contributed by atoms with E-state index in [-0.39, 0.29) is 0 Å². The van der Waals surface area contributed by atoms with Gasteiger partial charge in [-0.3, -0.25) is 0 Å². The van der Waals surface area contributed by atoms with Crippen molar-refractivity contribution in [1.29, 1.82) is 0 Å². The summed E-state index contributed by atoms with van der Waals surface area (Å²) in [5.41, 5.74) is 1.81. The number of hydrogen-bond donors (Lipinski definition) is 1. The molecule has 0 aliphatic rings. The first-order valence-electron chi connectivity index (χ1n) is 6.72. The van der Waals surface area contributed by atoms with E-state index >= 15 is 0 Å². The quantitative estimate of drug-likeness (QED) is 0.844. The number of hydrogen-bond acceptors (Lipinski definition) is 4. The largest absolute Gasteiger partial charge is 0.373 e. The second-order valence-electron chi connectivity index (χ2n) is 4.58. The van der Waals surface area contributed by atoms with Gasteiger partial charge < -0.3 is 10.1 Å². The van der Waals surface area contributed by atoms with Crippen molar-refractivity contribution in [2.45, 2.75) is 53.1 Å². The highest BCUT2D eigenvalue weighted by molar-refractivity contribution is 5.46. The molecule has 102 valence electrons. The first kappa shape index (κ1) is 14.9. The van der Waals surface area contributed by atoms with Crippen LogP contribution in [-0.2, 0) is 16.8 Å². The molecule has 0 amide bonds. The summed E-state index contributed by atoms with van der Waals surface area (Å²) in [6.45, 7) is 11.0. The topological polar surface area (TPSA) is 47.0 Å². The van der Waals surface area contributed by atoms with Gasteiger partial charge in [0.2, 0.25) is 0 Å². The SMILES string of the molecule is CCOC(C)(CC)c1nc(C)c(CC)c(NC)n1. The predicted molar refractivity (Wildman–Crippen MR) is 75.0 cm³/mol. The minimum atomic E-state index is -0.405. The van der Waals surface area contributed by atoms with Gasteiger partial charge in [-0.1, -0.05) is 13.8 Å². The Hall–Kier alpha value is -1.16. The maximum Gasteiger partial charge on any atom is 0.162 e. The average molecular weight is 251 g/mol. The van der Waals surface area contributed by atoms with Crippen molar-refractivity contribution < 1.29 is 4.74 Å². The van der Waals surface area contributed by atoms with Crippen LogP contribution in [0.25, 0.3) is 0 Å². The highest BCUT2D eigenvalue weighted by atomic mass is 16.5. The molecule has 0 aliphatic carbocycles. The van der Waals surface area contributed by atoms with Crippen LogP contribution >= 0.6 is 0 Å². The van der Waals surface area contributed by atoms with E-state index in [2.05, 4.69) is 36.1 Å². The Labute approximate surface area is 110 Å². The van der Waals surface area contributed by atoms with Crippen molar-refractivity contribution in [1.82, 2.24) is 9.97 Å². The van der Waals surface area contributed by atoms with Crippen LogP contribution in [0.4, 0.5) is 5.82 Å². The van der Waals surface area contributed by atoms with Crippen molar-refractivity contribution in [3.63, 3.8) is 0 Å². The highest BCUT2D eigenvalue weighted by Gasteiger charge is 2.29. The molecule has 0 spiro atoms. The number of aryl methyl sites for hydroxylation is 1. The van der Waals surface area contributed by atoms with Crippen LogP contribution in [0, 0.1) is 6.92 Å². The van der Waals surface area contributed by atoms with Gasteiger partial charge in [-0.15, -0.1) is 0 Å². The minimum Gasteiger partial charge on any atom is -0.373 e. The molecule has 0 saturated carbocycles. The van der Waals surface area contributed by atoms with Gasteiger partial charge in [0.05, 0.1) is 0 Å². The third-order valence-electron chi connectivity index (χ3n) is 3.41. The van der Waals surface area contributed by atoms with E-state index in [9.17, 15) is 0 Å². The Morgan fingerprint density at radius 2 is 1.89 bits per heavy atom. The van der Waals surface area contributed by atoms with E-state index in [0.717, 1.165) is 30.2 Å². The highest BCUT2D eigenvalue weighted by Crippen LogP contribution is 2.28. The van der Waals surface area contributed by atoms with Crippen LogP contribution in [-0.4, -0.2) is 23.6 Å². The Morgan fingerprint density at radius 1 is 1.22 bits per heavy atom. The van der Waals surface area contributed by atoms with Gasteiger partial charge in [0.25, 0.3) is 0 Å². The number of nitrogens with zero attached hydrogens (tertiary/aromatic N) is 2. The van der Waals surface area contributed by atoms with E-state index in [0.29, 0.717) is 6.61 Å². The number of aromatic nitrogens is 2. The second-order valence-corrected chi connectivity index (χ2v) is 4.58. The minimum absolute atomic E-state index is 0.405. The van der Waals surface area contributed by atoms with Gasteiger partial charge in [-0.05, 0) is 33.6 Å². The molecule has 1 rings (SSSR count). The summed E-state index contributed by atoms with van der Waals surface area (Å²) in [7, 11) is 1.90. The van der Waals surface area contributed by atoms with Crippen LogP contribution in [0.3, 0.4) is 0 Å². The lowest BCUT2D eigenvalue weighted by Gasteiger charge is -2.27. The molecule has 0 radical (unpaired) electrons. The van der Waals surface area contributed by atoms with Crippen molar-refractivity contribution in [3.8, 4) is 0 Å². The molecule has 4 heteroatoms. The normalized spacial score (nSPS) is 14.3. The summed E-state index contributed by atoms with van der Waals surface area (Å²) in [5, 5.41) is 3.16. The van der Waals surface area contributed by atoms with Crippen molar-refractivity contribution in [2.75, 3.05) is 19.0 Å². The Balaban J connectivity index is 3.29. The van der Waals surface area contributed by atoms with Crippen molar-refractivity contribution >= 4 is 5.82 Å². The van der Waals surface area contributed by atoms with Crippen LogP contribution in [0.15, 0.2) is 0 Å². The third kappa shape index (κ3) is 2.80. The fraction of sp³-hybridized carbons (Fsp3) is 0.714. The summed E-state index contributed by atoms with van der Waals surface area (Å²) < 4.78 is 5.84. The van der Waals surface area contributed by atoms with Crippen molar-refractivity contribution in [3.05, 3.63) is 17.1 Å². The molecule has 1 atom stereocenters. The number of nitrogens with one attached hydrogen (secondary N) is 1. The van der Waals surface area contributed by atoms with Gasteiger partial charge in [-0.2, -0.15) is 0 Å². The molecular weight excluding hydrogens is 226 g/mol. The van der Waals surface area contributed by atoms with E-state index < -0.39 is 5.60 Å². The fourth-order valence-electron chi connectivity index (χ4n) is 2.11. The molecule has 18 heavy (non-hydrogen) atoms. The molecule has 0 fully saturated rings. The molecule has 1 aromatic heterocycles. The summed E-state index contributed by atoms with van der Waals surface area (Å²) >= 11 is 0. The lowest BCUT2D eigenvalue weighted by atomic mass is 10.0. The van der Waals surface area contributed by atoms with E-state index in [1.165, 1.54) is 5.56 Å². The third-order valence-corrected chi connectivity index (χ3v) is 3.41. The smallest absolute Gasteiger partial charge is 0.162 e. The van der Waals surface area contributed by atoms with Crippen LogP contribution in [0.2, 0.25) is 0 Å². The fourth-order valence-corrected chi connectivity index (χ4v) is 2.11. The Kier molecular flexibility index (Phi) is 5.08. The van der Waals surface area contributed by atoms with Gasteiger partial charge >= 0.3 is 0 Å². The molecule has 0 bridgehead atoms. The standard InChI is InChI=1S/C14H25N3O/c1-7-11-10(4)16-13(17-12(11)15-6)14(5,8-2)18-9-3/h7-9H2,1-6H3,(H,15,16,17). The number of ether oxygens (including phenoxy) is 1. The second kappa shape index (κ2) is 6.14. The number of rotatable bonds is 6. The maximum atomic E-state index is 5.84. The summed E-state index contributed by atoms with van der Waals surface area (Å²) in [5.74, 6) is 1.69. The van der Waals surface area contributed by atoms with Crippen LogP contribution in [0.1, 0.15) is 51.2 Å². The molecule has 1 heterocycles. The summed E-state index contributed by atoms with van der Waals surface area (Å²) in [4.78, 5) is 9.28. The molecule has 1 aromatic rings. The summed E-state index contributed by atoms with van der Waals surface area (Å²) in [6.07, 6.45) is 1.79. The van der Waals surface area contributed by atoms with Crippen LogP contribution < -0.4 is 5.32 Å². The van der Waals surface area contributed by atoms with E-state index in [1.54, 1.807) is 0 Å². The van der Waals surface area contributed by atoms with E-state index in [4.69, 9.17) is 4.74 Å². The molecule has 4 nitrogen and oxygen atoms in total. The first-order valence-corrected chi connectivity index (χ1v) is 6.72. The zero-order chi connectivity index (χ0) is 13.8. The average Bonchev–Trinajstić information content (AvgIpc) is 2.37. The Bertz CT molecular complexity index is 406. The Morgan fingerprint density at radius 3 is 2.33 bits per heavy atom. The zero-order valence-corrected chi connectivity index (χ0v) is 12.4. The molecule has 1 unspecified atom stereocenters. The lowest BCUT2D eigenvalue weighted by molar-refractivity contribution is -0.0390. The zero-order valence-electron chi connectivity index (χ0n) is 12.4. The molecule has 0 aromatic carbocycles. The van der Waals surface area contributed by atoms with Gasteiger partial charge in [-0.25, -0.2) is 9.97 Å².